The van der Waals surface area contributed by atoms with Crippen LogP contribution in [0.1, 0.15) is 21.9 Å². The van der Waals surface area contributed by atoms with E-state index in [4.69, 9.17) is 16.7 Å². The van der Waals surface area contributed by atoms with E-state index >= 15 is 0 Å². The van der Waals surface area contributed by atoms with E-state index in [9.17, 15) is 4.79 Å². The summed E-state index contributed by atoms with van der Waals surface area (Å²) in [6.07, 6.45) is 3.13. The van der Waals surface area contributed by atoms with E-state index in [2.05, 4.69) is 4.98 Å². The first kappa shape index (κ1) is 13.1. The van der Waals surface area contributed by atoms with E-state index in [0.717, 1.165) is 20.5 Å². The summed E-state index contributed by atoms with van der Waals surface area (Å²) < 4.78 is 0. The Morgan fingerprint density at radius 2 is 2.17 bits per heavy atom. The highest BCUT2D eigenvalue weighted by Gasteiger charge is 2.07. The number of carboxylic acids is 1. The van der Waals surface area contributed by atoms with Crippen LogP contribution in [0.4, 0.5) is 0 Å². The zero-order chi connectivity index (χ0) is 13.0. The second-order valence-corrected chi connectivity index (χ2v) is 5.49. The molecule has 0 radical (unpaired) electrons. The maximum atomic E-state index is 10.5. The van der Waals surface area contributed by atoms with Crippen molar-refractivity contribution in [2.75, 3.05) is 0 Å². The number of thiazole rings is 1. The van der Waals surface area contributed by atoms with Gasteiger partial charge in [0.25, 0.3) is 0 Å². The largest absolute Gasteiger partial charge is 0.481 e. The van der Waals surface area contributed by atoms with Crippen molar-refractivity contribution >= 4 is 28.9 Å². The van der Waals surface area contributed by atoms with Crippen molar-refractivity contribution in [2.24, 2.45) is 0 Å². The first-order chi connectivity index (χ1) is 8.65. The van der Waals surface area contributed by atoms with Gasteiger partial charge >= 0.3 is 5.97 Å². The highest BCUT2D eigenvalue weighted by Crippen LogP contribution is 2.22. The van der Waals surface area contributed by atoms with Crippen LogP contribution in [0.3, 0.4) is 0 Å². The monoisotopic (exact) mass is 281 g/mol. The fourth-order valence-corrected chi connectivity index (χ4v) is 2.73. The van der Waals surface area contributed by atoms with Gasteiger partial charge in [0, 0.05) is 22.5 Å². The average molecular weight is 282 g/mol. The van der Waals surface area contributed by atoms with Gasteiger partial charge in [0.1, 0.15) is 0 Å². The summed E-state index contributed by atoms with van der Waals surface area (Å²) in [5.41, 5.74) is 1.04. The Morgan fingerprint density at radius 1 is 1.39 bits per heavy atom. The Balaban J connectivity index is 2.02. The molecule has 0 aliphatic carbocycles. The predicted octanol–water partition coefficient (Wildman–Crippen LogP) is 3.40. The van der Waals surface area contributed by atoms with Crippen LogP contribution in [0.15, 0.2) is 30.5 Å². The molecule has 3 nitrogen and oxygen atoms in total. The second-order valence-electron chi connectivity index (χ2n) is 3.88. The lowest BCUT2D eigenvalue weighted by atomic mass is 10.2. The molecule has 0 saturated heterocycles. The van der Waals surface area contributed by atoms with Crippen molar-refractivity contribution in [3.63, 3.8) is 0 Å². The average Bonchev–Trinajstić information content (AvgIpc) is 2.77. The lowest BCUT2D eigenvalue weighted by Gasteiger charge is -2.00. The quantitative estimate of drug-likeness (QED) is 0.914. The Morgan fingerprint density at radius 3 is 2.89 bits per heavy atom. The summed E-state index contributed by atoms with van der Waals surface area (Å²) in [6, 6.07) is 7.67. The molecular formula is C13H12ClNO2S. The molecule has 5 heteroatoms. The molecule has 0 spiro atoms. The molecule has 1 N–H and O–H groups in total. The van der Waals surface area contributed by atoms with E-state index < -0.39 is 5.97 Å². The van der Waals surface area contributed by atoms with Gasteiger partial charge in [-0.2, -0.15) is 0 Å². The van der Waals surface area contributed by atoms with E-state index in [1.807, 2.05) is 24.3 Å². The fourth-order valence-electron chi connectivity index (χ4n) is 1.58. The fraction of sp³-hybridized carbons (Fsp3) is 0.231. The van der Waals surface area contributed by atoms with Crippen LogP contribution in [0, 0.1) is 0 Å². The maximum Gasteiger partial charge on any atom is 0.303 e. The number of hydrogen-bond acceptors (Lipinski definition) is 3. The first-order valence-corrected chi connectivity index (χ1v) is 6.73. The minimum Gasteiger partial charge on any atom is -0.481 e. The second kappa shape index (κ2) is 5.98. The van der Waals surface area contributed by atoms with Gasteiger partial charge < -0.3 is 5.11 Å². The number of aryl methyl sites for hydroxylation is 1. The summed E-state index contributed by atoms with van der Waals surface area (Å²) in [5, 5.41) is 10.3. The summed E-state index contributed by atoms with van der Waals surface area (Å²) in [6.45, 7) is 0. The minimum atomic E-state index is -0.781. The van der Waals surface area contributed by atoms with Gasteiger partial charge in [-0.25, -0.2) is 4.98 Å². The highest BCUT2D eigenvalue weighted by atomic mass is 35.5. The third kappa shape index (κ3) is 3.55. The lowest BCUT2D eigenvalue weighted by molar-refractivity contribution is -0.136. The minimum absolute atomic E-state index is 0.147. The van der Waals surface area contributed by atoms with Gasteiger partial charge in [0.05, 0.1) is 11.4 Å². The molecule has 2 aromatic rings. The number of halogens is 1. The lowest BCUT2D eigenvalue weighted by Crippen LogP contribution is -1.95. The summed E-state index contributed by atoms with van der Waals surface area (Å²) in [5.74, 6) is -0.781. The summed E-state index contributed by atoms with van der Waals surface area (Å²) in [7, 11) is 0. The van der Waals surface area contributed by atoms with Crippen molar-refractivity contribution < 1.29 is 9.90 Å². The molecule has 0 aliphatic rings. The number of carbonyl (C=O) groups is 1. The molecule has 94 valence electrons. The van der Waals surface area contributed by atoms with Crippen LogP contribution in [0.25, 0.3) is 0 Å². The maximum absolute atomic E-state index is 10.5. The van der Waals surface area contributed by atoms with Gasteiger partial charge in [-0.15, -0.1) is 11.3 Å². The summed E-state index contributed by atoms with van der Waals surface area (Å²) in [4.78, 5) is 15.8. The molecule has 0 saturated carbocycles. The van der Waals surface area contributed by atoms with Crippen molar-refractivity contribution in [3.8, 4) is 0 Å². The van der Waals surface area contributed by atoms with E-state index in [0.29, 0.717) is 12.8 Å². The predicted molar refractivity (Wildman–Crippen MR) is 72.3 cm³/mol. The van der Waals surface area contributed by atoms with E-state index in [-0.39, 0.29) is 6.42 Å². The molecule has 0 aliphatic heterocycles. The van der Waals surface area contributed by atoms with E-state index in [1.165, 1.54) is 0 Å². The molecule has 0 bridgehead atoms. The van der Waals surface area contributed by atoms with Gasteiger partial charge in [-0.05, 0) is 18.1 Å². The van der Waals surface area contributed by atoms with Crippen LogP contribution in [0.5, 0.6) is 0 Å². The number of benzene rings is 1. The number of carboxylic acid groups (broad SMARTS) is 1. The zero-order valence-corrected chi connectivity index (χ0v) is 11.2. The van der Waals surface area contributed by atoms with Crippen LogP contribution >= 0.6 is 22.9 Å². The van der Waals surface area contributed by atoms with Crippen LogP contribution < -0.4 is 0 Å². The van der Waals surface area contributed by atoms with Crippen LogP contribution in [-0.4, -0.2) is 16.1 Å². The van der Waals surface area contributed by atoms with Gasteiger partial charge in [0.15, 0.2) is 0 Å². The number of nitrogens with zero attached hydrogens (tertiary/aromatic N) is 1. The Labute approximate surface area is 114 Å². The van der Waals surface area contributed by atoms with Crippen LogP contribution in [0.2, 0.25) is 5.02 Å². The van der Waals surface area contributed by atoms with Gasteiger partial charge in [-0.3, -0.25) is 4.79 Å². The van der Waals surface area contributed by atoms with Crippen LogP contribution in [-0.2, 0) is 17.6 Å². The molecule has 0 atom stereocenters. The van der Waals surface area contributed by atoms with Crippen molar-refractivity contribution in [1.29, 1.82) is 0 Å². The topological polar surface area (TPSA) is 50.2 Å². The number of aliphatic carboxylic acids is 1. The molecule has 1 aromatic carbocycles. The molecule has 2 rings (SSSR count). The standard InChI is InChI=1S/C13H12ClNO2S/c14-11-4-2-1-3-9(11)7-12-15-8-10(18-12)5-6-13(16)17/h1-4,8H,5-7H2,(H,16,17). The van der Waals surface area contributed by atoms with Crippen molar-refractivity contribution in [1.82, 2.24) is 4.98 Å². The number of aromatic nitrogens is 1. The Kier molecular flexibility index (Phi) is 4.33. The first-order valence-electron chi connectivity index (χ1n) is 5.54. The highest BCUT2D eigenvalue weighted by molar-refractivity contribution is 7.11. The molecule has 0 amide bonds. The van der Waals surface area contributed by atoms with Crippen molar-refractivity contribution in [3.05, 3.63) is 50.9 Å². The molecule has 1 heterocycles. The van der Waals surface area contributed by atoms with Crippen molar-refractivity contribution in [2.45, 2.75) is 19.3 Å². The smallest absolute Gasteiger partial charge is 0.303 e. The van der Waals surface area contributed by atoms with E-state index in [1.54, 1.807) is 17.5 Å². The third-order valence-electron chi connectivity index (χ3n) is 2.49. The molecule has 0 fully saturated rings. The normalized spacial score (nSPS) is 10.5. The van der Waals surface area contributed by atoms with Gasteiger partial charge in [-0.1, -0.05) is 29.8 Å². The summed E-state index contributed by atoms with van der Waals surface area (Å²) >= 11 is 7.63. The molecular weight excluding hydrogens is 270 g/mol. The van der Waals surface area contributed by atoms with Gasteiger partial charge in [0.2, 0.25) is 0 Å². The Bertz CT molecular complexity index is 553. The number of rotatable bonds is 5. The molecule has 18 heavy (non-hydrogen) atoms. The zero-order valence-electron chi connectivity index (χ0n) is 9.60. The number of hydrogen-bond donors (Lipinski definition) is 1. The third-order valence-corrected chi connectivity index (χ3v) is 3.91. The molecule has 1 aromatic heterocycles. The SMILES string of the molecule is O=C(O)CCc1cnc(Cc2ccccc2Cl)s1. The Hall–Kier alpha value is -1.39. The molecule has 0 unspecified atom stereocenters.